The summed E-state index contributed by atoms with van der Waals surface area (Å²) in [6.45, 7) is 5.97. The Balaban J connectivity index is 2.82. The number of amides is 1. The fourth-order valence-corrected chi connectivity index (χ4v) is 1.17. The molecule has 1 aromatic heterocycles. The Kier molecular flexibility index (Phi) is 4.32. The zero-order chi connectivity index (χ0) is 12.0. The predicted molar refractivity (Wildman–Crippen MR) is 61.5 cm³/mol. The van der Waals surface area contributed by atoms with Gasteiger partial charge in [-0.05, 0) is 13.0 Å². The van der Waals surface area contributed by atoms with Crippen LogP contribution in [0.1, 0.15) is 6.92 Å². The first kappa shape index (κ1) is 12.0. The lowest BCUT2D eigenvalue weighted by molar-refractivity contribution is 0.168. The van der Waals surface area contributed by atoms with Gasteiger partial charge in [-0.15, -0.1) is 6.58 Å². The monoisotopic (exact) mass is 222 g/mol. The van der Waals surface area contributed by atoms with Crippen LogP contribution in [0.4, 0.5) is 10.5 Å². The van der Waals surface area contributed by atoms with Crippen LogP contribution in [-0.4, -0.2) is 17.3 Å². The van der Waals surface area contributed by atoms with Gasteiger partial charge in [-0.2, -0.15) is 0 Å². The number of aromatic nitrogens is 1. The fraction of sp³-hybridized carbons (Fsp3) is 0.273. The second kappa shape index (κ2) is 5.75. The first-order valence-corrected chi connectivity index (χ1v) is 4.92. The molecule has 0 aliphatic carbocycles. The number of ether oxygens (including phenoxy) is 1. The van der Waals surface area contributed by atoms with Crippen LogP contribution < -0.4 is 10.9 Å². The van der Waals surface area contributed by atoms with Crippen LogP contribution in [0.15, 0.2) is 35.8 Å². The summed E-state index contributed by atoms with van der Waals surface area (Å²) in [6.07, 6.45) is 2.61. The van der Waals surface area contributed by atoms with Crippen LogP contribution in [0.25, 0.3) is 0 Å². The Morgan fingerprint density at radius 3 is 3.00 bits per heavy atom. The molecule has 0 bridgehead atoms. The number of nitrogens with zero attached hydrogens (tertiary/aromatic N) is 1. The molecule has 0 aromatic carbocycles. The first-order chi connectivity index (χ1) is 7.67. The number of hydrogen-bond donors (Lipinski definition) is 1. The van der Waals surface area contributed by atoms with Gasteiger partial charge >= 0.3 is 6.09 Å². The molecule has 0 unspecified atom stereocenters. The molecule has 0 saturated heterocycles. The Labute approximate surface area is 93.3 Å². The lowest BCUT2D eigenvalue weighted by atomic mass is 10.4. The lowest BCUT2D eigenvalue weighted by Crippen LogP contribution is -2.20. The molecule has 1 aromatic rings. The molecular formula is C11H14N2O3. The van der Waals surface area contributed by atoms with E-state index in [9.17, 15) is 9.59 Å². The highest BCUT2D eigenvalue weighted by Crippen LogP contribution is 2.03. The molecule has 16 heavy (non-hydrogen) atoms. The van der Waals surface area contributed by atoms with Gasteiger partial charge in [-0.25, -0.2) is 4.79 Å². The Hall–Kier alpha value is -2.04. The van der Waals surface area contributed by atoms with E-state index in [4.69, 9.17) is 4.74 Å². The quantitative estimate of drug-likeness (QED) is 0.787. The van der Waals surface area contributed by atoms with Crippen molar-refractivity contribution < 1.29 is 9.53 Å². The second-order valence-corrected chi connectivity index (χ2v) is 3.04. The van der Waals surface area contributed by atoms with Gasteiger partial charge in [-0.1, -0.05) is 6.08 Å². The molecule has 0 fully saturated rings. The number of rotatable bonds is 4. The Morgan fingerprint density at radius 1 is 1.62 bits per heavy atom. The summed E-state index contributed by atoms with van der Waals surface area (Å²) in [4.78, 5) is 22.5. The minimum atomic E-state index is -0.536. The molecule has 0 aliphatic rings. The molecule has 1 amide bonds. The Morgan fingerprint density at radius 2 is 2.38 bits per heavy atom. The molecule has 0 atom stereocenters. The molecule has 1 heterocycles. The lowest BCUT2D eigenvalue weighted by Gasteiger charge is -2.07. The highest BCUT2D eigenvalue weighted by atomic mass is 16.5. The standard InChI is InChI=1S/C11H14N2O3/c1-3-7-13-8-9(5-6-10(13)14)12-11(15)16-4-2/h3,5-6,8H,1,4,7H2,2H3,(H,12,15). The van der Waals surface area contributed by atoms with Gasteiger partial charge in [0.15, 0.2) is 0 Å². The zero-order valence-electron chi connectivity index (χ0n) is 9.10. The van der Waals surface area contributed by atoms with E-state index in [0.29, 0.717) is 18.8 Å². The first-order valence-electron chi connectivity index (χ1n) is 4.92. The minimum absolute atomic E-state index is 0.144. The van der Waals surface area contributed by atoms with E-state index < -0.39 is 6.09 Å². The van der Waals surface area contributed by atoms with Crippen LogP contribution in [0.2, 0.25) is 0 Å². The van der Waals surface area contributed by atoms with Crippen molar-refractivity contribution in [3.8, 4) is 0 Å². The molecule has 1 N–H and O–H groups in total. The van der Waals surface area contributed by atoms with Crippen LogP contribution in [0, 0.1) is 0 Å². The molecule has 1 rings (SSSR count). The van der Waals surface area contributed by atoms with Crippen molar-refractivity contribution in [2.75, 3.05) is 11.9 Å². The van der Waals surface area contributed by atoms with Crippen molar-refractivity contribution >= 4 is 11.8 Å². The third kappa shape index (κ3) is 3.27. The number of nitrogens with one attached hydrogen (secondary N) is 1. The largest absolute Gasteiger partial charge is 0.450 e. The summed E-state index contributed by atoms with van der Waals surface area (Å²) in [6, 6.07) is 2.91. The van der Waals surface area contributed by atoms with Gasteiger partial charge in [0.05, 0.1) is 12.3 Å². The van der Waals surface area contributed by atoms with Crippen molar-refractivity contribution in [3.63, 3.8) is 0 Å². The summed E-state index contributed by atoms with van der Waals surface area (Å²) in [5.41, 5.74) is 0.370. The van der Waals surface area contributed by atoms with Crippen LogP contribution in [-0.2, 0) is 11.3 Å². The molecular weight excluding hydrogens is 208 g/mol. The van der Waals surface area contributed by atoms with E-state index in [2.05, 4.69) is 11.9 Å². The van der Waals surface area contributed by atoms with E-state index in [1.165, 1.54) is 16.7 Å². The van der Waals surface area contributed by atoms with E-state index in [1.807, 2.05) is 0 Å². The smallest absolute Gasteiger partial charge is 0.411 e. The van der Waals surface area contributed by atoms with Crippen molar-refractivity contribution in [3.05, 3.63) is 41.3 Å². The number of carbonyl (C=O) groups is 1. The summed E-state index contributed by atoms with van der Waals surface area (Å²) in [5.74, 6) is 0. The highest BCUT2D eigenvalue weighted by molar-refractivity contribution is 5.84. The van der Waals surface area contributed by atoms with Gasteiger partial charge < -0.3 is 9.30 Å². The number of carbonyl (C=O) groups excluding carboxylic acids is 1. The third-order valence-electron chi connectivity index (χ3n) is 1.83. The fourth-order valence-electron chi connectivity index (χ4n) is 1.17. The summed E-state index contributed by atoms with van der Waals surface area (Å²) >= 11 is 0. The maximum absolute atomic E-state index is 11.3. The molecule has 5 nitrogen and oxygen atoms in total. The van der Waals surface area contributed by atoms with E-state index in [0.717, 1.165) is 0 Å². The summed E-state index contributed by atoms with van der Waals surface area (Å²) in [7, 11) is 0. The minimum Gasteiger partial charge on any atom is -0.450 e. The van der Waals surface area contributed by atoms with Crippen LogP contribution in [0.5, 0.6) is 0 Å². The number of hydrogen-bond acceptors (Lipinski definition) is 3. The SMILES string of the molecule is C=CCn1cc(NC(=O)OCC)ccc1=O. The van der Waals surface area contributed by atoms with Crippen LogP contribution >= 0.6 is 0 Å². The molecule has 86 valence electrons. The highest BCUT2D eigenvalue weighted by Gasteiger charge is 2.02. The van der Waals surface area contributed by atoms with Crippen molar-refractivity contribution in [1.29, 1.82) is 0 Å². The molecule has 0 radical (unpaired) electrons. The second-order valence-electron chi connectivity index (χ2n) is 3.04. The topological polar surface area (TPSA) is 60.3 Å². The molecule has 5 heteroatoms. The van der Waals surface area contributed by atoms with Crippen molar-refractivity contribution in [2.45, 2.75) is 13.5 Å². The predicted octanol–water partition coefficient (Wildman–Crippen LogP) is 1.60. The average Bonchev–Trinajstić information content (AvgIpc) is 2.24. The molecule has 0 aliphatic heterocycles. The Bertz CT molecular complexity index is 437. The summed E-state index contributed by atoms with van der Waals surface area (Å²) in [5, 5.41) is 2.51. The van der Waals surface area contributed by atoms with Gasteiger partial charge in [0.1, 0.15) is 0 Å². The number of pyridine rings is 1. The van der Waals surface area contributed by atoms with Gasteiger partial charge in [0.25, 0.3) is 5.56 Å². The summed E-state index contributed by atoms with van der Waals surface area (Å²) < 4.78 is 6.16. The molecule has 0 saturated carbocycles. The van der Waals surface area contributed by atoms with E-state index in [-0.39, 0.29) is 5.56 Å². The number of allylic oxidation sites excluding steroid dienone is 1. The number of anilines is 1. The van der Waals surface area contributed by atoms with Crippen molar-refractivity contribution in [2.24, 2.45) is 0 Å². The van der Waals surface area contributed by atoms with Gasteiger partial charge in [0.2, 0.25) is 0 Å². The molecule has 0 spiro atoms. The van der Waals surface area contributed by atoms with Crippen molar-refractivity contribution in [1.82, 2.24) is 4.57 Å². The van der Waals surface area contributed by atoms with Crippen LogP contribution in [0.3, 0.4) is 0 Å². The van der Waals surface area contributed by atoms with Gasteiger partial charge in [0, 0.05) is 18.8 Å². The normalized spacial score (nSPS) is 9.56. The average molecular weight is 222 g/mol. The van der Waals surface area contributed by atoms with E-state index >= 15 is 0 Å². The maximum atomic E-state index is 11.3. The maximum Gasteiger partial charge on any atom is 0.411 e. The zero-order valence-corrected chi connectivity index (χ0v) is 9.10. The third-order valence-corrected chi connectivity index (χ3v) is 1.83. The van der Waals surface area contributed by atoms with E-state index in [1.54, 1.807) is 19.2 Å². The van der Waals surface area contributed by atoms with Gasteiger partial charge in [-0.3, -0.25) is 10.1 Å².